The number of nitrogens with one attached hydrogen (secondary N) is 2. The second kappa shape index (κ2) is 8.42. The quantitative estimate of drug-likeness (QED) is 0.642. The zero-order valence-electron chi connectivity index (χ0n) is 14.8. The van der Waals surface area contributed by atoms with E-state index in [1.54, 1.807) is 56.8 Å². The monoisotopic (exact) mass is 383 g/mol. The maximum atomic E-state index is 12.5. The van der Waals surface area contributed by atoms with Gasteiger partial charge >= 0.3 is 0 Å². The number of benzene rings is 2. The second-order valence-corrected chi connectivity index (χ2v) is 5.97. The highest BCUT2D eigenvalue weighted by molar-refractivity contribution is 6.32. The molecule has 0 unspecified atom stereocenters. The third-order valence-corrected chi connectivity index (χ3v) is 4.08. The Bertz CT molecular complexity index is 963. The Hall–Kier alpha value is -3.25. The number of amides is 1. The van der Waals surface area contributed by atoms with Crippen LogP contribution in [0.15, 0.2) is 60.8 Å². The summed E-state index contributed by atoms with van der Waals surface area (Å²) in [7, 11) is 3.11. The van der Waals surface area contributed by atoms with E-state index in [9.17, 15) is 4.79 Å². The van der Waals surface area contributed by atoms with Gasteiger partial charge < -0.3 is 20.1 Å². The van der Waals surface area contributed by atoms with Gasteiger partial charge in [-0.15, -0.1) is 0 Å². The fourth-order valence-corrected chi connectivity index (χ4v) is 2.74. The van der Waals surface area contributed by atoms with Crippen molar-refractivity contribution in [2.75, 3.05) is 24.9 Å². The molecule has 0 bridgehead atoms. The van der Waals surface area contributed by atoms with Crippen molar-refractivity contribution in [2.45, 2.75) is 0 Å². The van der Waals surface area contributed by atoms with E-state index in [0.717, 1.165) is 5.69 Å². The molecule has 0 saturated heterocycles. The highest BCUT2D eigenvalue weighted by atomic mass is 35.5. The Morgan fingerprint density at radius 2 is 1.70 bits per heavy atom. The number of halogens is 1. The number of hydrogen-bond donors (Lipinski definition) is 2. The van der Waals surface area contributed by atoms with Crippen molar-refractivity contribution in [3.8, 4) is 11.5 Å². The maximum absolute atomic E-state index is 12.5. The molecule has 6 nitrogen and oxygen atoms in total. The van der Waals surface area contributed by atoms with E-state index in [2.05, 4.69) is 15.6 Å². The summed E-state index contributed by atoms with van der Waals surface area (Å²) >= 11 is 6.14. The number of ether oxygens (including phenoxy) is 2. The lowest BCUT2D eigenvalue weighted by atomic mass is 10.2. The minimum atomic E-state index is -0.337. The van der Waals surface area contributed by atoms with Crippen LogP contribution in [0.5, 0.6) is 11.5 Å². The summed E-state index contributed by atoms with van der Waals surface area (Å²) in [6.45, 7) is 0. The van der Waals surface area contributed by atoms with Crippen LogP contribution in [0.4, 0.5) is 17.1 Å². The number of nitrogens with zero attached hydrogens (tertiary/aromatic N) is 1. The van der Waals surface area contributed by atoms with Crippen LogP contribution in [0.25, 0.3) is 0 Å². The van der Waals surface area contributed by atoms with Crippen LogP contribution in [-0.2, 0) is 0 Å². The van der Waals surface area contributed by atoms with E-state index in [0.29, 0.717) is 27.9 Å². The normalized spacial score (nSPS) is 10.2. The van der Waals surface area contributed by atoms with Gasteiger partial charge in [-0.25, -0.2) is 0 Å². The molecule has 2 aromatic carbocycles. The van der Waals surface area contributed by atoms with Gasteiger partial charge in [0.25, 0.3) is 5.91 Å². The predicted molar refractivity (Wildman–Crippen MR) is 106 cm³/mol. The van der Waals surface area contributed by atoms with Crippen molar-refractivity contribution in [2.24, 2.45) is 0 Å². The molecule has 3 rings (SSSR count). The Morgan fingerprint density at radius 3 is 2.44 bits per heavy atom. The van der Waals surface area contributed by atoms with Crippen molar-refractivity contribution >= 4 is 34.6 Å². The van der Waals surface area contributed by atoms with E-state index in [1.165, 1.54) is 0 Å². The fourth-order valence-electron chi connectivity index (χ4n) is 2.48. The molecule has 0 radical (unpaired) electrons. The molecule has 2 N–H and O–H groups in total. The van der Waals surface area contributed by atoms with Crippen molar-refractivity contribution in [3.63, 3.8) is 0 Å². The number of methoxy groups -OCH3 is 2. The molecule has 3 aromatic rings. The van der Waals surface area contributed by atoms with Gasteiger partial charge in [-0.05, 0) is 42.5 Å². The summed E-state index contributed by atoms with van der Waals surface area (Å²) in [6, 6.07) is 15.9. The number of carbonyl (C=O) groups excluding carboxylic acids is 1. The summed E-state index contributed by atoms with van der Waals surface area (Å²) in [5, 5.41) is 6.49. The first-order valence-corrected chi connectivity index (χ1v) is 8.49. The number of hydrogen-bond acceptors (Lipinski definition) is 5. The van der Waals surface area contributed by atoms with E-state index in [4.69, 9.17) is 21.1 Å². The van der Waals surface area contributed by atoms with Gasteiger partial charge in [-0.2, -0.15) is 0 Å². The molecule has 0 spiro atoms. The molecule has 0 saturated carbocycles. The highest BCUT2D eigenvalue weighted by Crippen LogP contribution is 2.29. The van der Waals surface area contributed by atoms with Crippen molar-refractivity contribution in [1.82, 2.24) is 4.98 Å². The first-order valence-electron chi connectivity index (χ1n) is 8.11. The van der Waals surface area contributed by atoms with Crippen LogP contribution in [0.3, 0.4) is 0 Å². The van der Waals surface area contributed by atoms with E-state index >= 15 is 0 Å². The molecule has 1 heterocycles. The number of rotatable bonds is 6. The number of carbonyl (C=O) groups is 1. The van der Waals surface area contributed by atoms with Gasteiger partial charge in [0, 0.05) is 17.6 Å². The standard InChI is InChI=1S/C20H18ClN3O3/c1-26-18-8-7-13(11-15(18)21)23-14-9-10-22-17(12-14)20(25)24-16-5-3-4-6-19(16)27-2/h3-12H,1-2H3,(H,22,23)(H,24,25). The lowest BCUT2D eigenvalue weighted by Gasteiger charge is -2.11. The molecule has 27 heavy (non-hydrogen) atoms. The zero-order chi connectivity index (χ0) is 19.2. The van der Waals surface area contributed by atoms with Crippen LogP contribution in [0, 0.1) is 0 Å². The van der Waals surface area contributed by atoms with Crippen LogP contribution >= 0.6 is 11.6 Å². The Kier molecular flexibility index (Phi) is 5.78. The molecule has 138 valence electrons. The molecule has 0 aliphatic rings. The minimum Gasteiger partial charge on any atom is -0.495 e. The molecule has 0 fully saturated rings. The summed E-state index contributed by atoms with van der Waals surface area (Å²) in [5.74, 6) is 0.831. The highest BCUT2D eigenvalue weighted by Gasteiger charge is 2.11. The van der Waals surface area contributed by atoms with Crippen LogP contribution in [-0.4, -0.2) is 25.1 Å². The largest absolute Gasteiger partial charge is 0.495 e. The number of aromatic nitrogens is 1. The summed E-state index contributed by atoms with van der Waals surface area (Å²) in [6.07, 6.45) is 1.56. The van der Waals surface area contributed by atoms with E-state index < -0.39 is 0 Å². The third kappa shape index (κ3) is 4.48. The first-order chi connectivity index (χ1) is 13.1. The molecular weight excluding hydrogens is 366 g/mol. The maximum Gasteiger partial charge on any atom is 0.274 e. The fraction of sp³-hybridized carbons (Fsp3) is 0.100. The van der Waals surface area contributed by atoms with Crippen molar-refractivity contribution in [3.05, 3.63) is 71.5 Å². The van der Waals surface area contributed by atoms with Crippen molar-refractivity contribution < 1.29 is 14.3 Å². The van der Waals surface area contributed by atoms with Crippen LogP contribution < -0.4 is 20.1 Å². The van der Waals surface area contributed by atoms with E-state index in [1.807, 2.05) is 18.2 Å². The first kappa shape index (κ1) is 18.5. The topological polar surface area (TPSA) is 72.5 Å². The molecule has 1 aromatic heterocycles. The minimum absolute atomic E-state index is 0.269. The number of pyridine rings is 1. The van der Waals surface area contributed by atoms with Crippen LogP contribution in [0.2, 0.25) is 5.02 Å². The van der Waals surface area contributed by atoms with Gasteiger partial charge in [0.15, 0.2) is 0 Å². The lowest BCUT2D eigenvalue weighted by Crippen LogP contribution is -2.14. The molecule has 0 aliphatic carbocycles. The molecule has 1 amide bonds. The van der Waals surface area contributed by atoms with Crippen LogP contribution in [0.1, 0.15) is 10.5 Å². The summed E-state index contributed by atoms with van der Waals surface area (Å²) in [4.78, 5) is 16.7. The van der Waals surface area contributed by atoms with E-state index in [-0.39, 0.29) is 11.6 Å². The van der Waals surface area contributed by atoms with Gasteiger partial charge in [-0.1, -0.05) is 23.7 Å². The predicted octanol–water partition coefficient (Wildman–Crippen LogP) is 4.75. The lowest BCUT2D eigenvalue weighted by molar-refractivity contribution is 0.102. The zero-order valence-corrected chi connectivity index (χ0v) is 15.6. The summed E-state index contributed by atoms with van der Waals surface area (Å²) in [5.41, 5.74) is 2.32. The Labute approximate surface area is 162 Å². The molecule has 0 atom stereocenters. The van der Waals surface area contributed by atoms with Gasteiger partial charge in [0.2, 0.25) is 0 Å². The summed E-state index contributed by atoms with van der Waals surface area (Å²) < 4.78 is 10.4. The van der Waals surface area contributed by atoms with Gasteiger partial charge in [-0.3, -0.25) is 9.78 Å². The Morgan fingerprint density at radius 1 is 0.963 bits per heavy atom. The van der Waals surface area contributed by atoms with Crippen molar-refractivity contribution in [1.29, 1.82) is 0 Å². The molecular formula is C20H18ClN3O3. The average molecular weight is 384 g/mol. The molecule has 7 heteroatoms. The SMILES string of the molecule is COc1ccc(Nc2ccnc(C(=O)Nc3ccccc3OC)c2)cc1Cl. The van der Waals surface area contributed by atoms with Gasteiger partial charge in [0.05, 0.1) is 24.9 Å². The Balaban J connectivity index is 1.77. The third-order valence-electron chi connectivity index (χ3n) is 3.79. The number of para-hydroxylation sites is 2. The average Bonchev–Trinajstić information content (AvgIpc) is 2.69. The molecule has 0 aliphatic heterocycles. The smallest absolute Gasteiger partial charge is 0.274 e. The van der Waals surface area contributed by atoms with Gasteiger partial charge in [0.1, 0.15) is 17.2 Å². The number of anilines is 3. The second-order valence-electron chi connectivity index (χ2n) is 5.56.